The van der Waals surface area contributed by atoms with E-state index in [1.165, 1.54) is 0 Å². The summed E-state index contributed by atoms with van der Waals surface area (Å²) in [6, 6.07) is 0. The van der Waals surface area contributed by atoms with E-state index in [2.05, 4.69) is 0 Å². The molecule has 0 saturated heterocycles. The molecule has 0 saturated carbocycles. The molecule has 4 heteroatoms. The van der Waals surface area contributed by atoms with Crippen LogP contribution in [0, 0.1) is 0 Å². The second-order valence-electron chi connectivity index (χ2n) is 1.42. The molecule has 2 N–H and O–H groups in total. The second kappa shape index (κ2) is 4.39. The largest absolute Gasteiger partial charge is 0.394 e. The van der Waals surface area contributed by atoms with Crippen molar-refractivity contribution in [3.8, 4) is 0 Å². The average Bonchev–Trinajstić information content (AvgIpc) is 1.84. The summed E-state index contributed by atoms with van der Waals surface area (Å²) in [6.07, 6.45) is -0.894. The van der Waals surface area contributed by atoms with Crippen molar-refractivity contribution in [2.24, 2.45) is 0 Å². The van der Waals surface area contributed by atoms with Crippen molar-refractivity contribution in [3.05, 3.63) is 0 Å². The second-order valence-corrected chi connectivity index (χ2v) is 2.29. The molecule has 0 heterocycles. The van der Waals surface area contributed by atoms with Crippen LogP contribution in [0.4, 0.5) is 0 Å². The van der Waals surface area contributed by atoms with E-state index in [9.17, 15) is 0 Å². The molecule has 50 valence electrons. The first-order valence-electron chi connectivity index (χ1n) is 2.21. The Labute approximate surface area is 58.0 Å². The van der Waals surface area contributed by atoms with E-state index >= 15 is 0 Å². The van der Waals surface area contributed by atoms with Crippen molar-refractivity contribution < 1.29 is 10.2 Å². The average molecular weight is 159 g/mol. The monoisotopic (exact) mass is 158 g/mol. The number of aliphatic hydroxyl groups is 2. The number of halogens is 2. The zero-order chi connectivity index (χ0) is 6.57. The normalized spacial score (nSPS) is 18.0. The van der Waals surface area contributed by atoms with Crippen molar-refractivity contribution in [1.82, 2.24) is 0 Å². The minimum atomic E-state index is -0.894. The minimum Gasteiger partial charge on any atom is -0.394 e. The van der Waals surface area contributed by atoms with Crippen molar-refractivity contribution >= 4 is 23.2 Å². The summed E-state index contributed by atoms with van der Waals surface area (Å²) >= 11 is 10.6. The Hall–Kier alpha value is 0.500. The van der Waals surface area contributed by atoms with Gasteiger partial charge in [-0.1, -0.05) is 0 Å². The number of hydrogen-bond donors (Lipinski definition) is 2. The molecule has 2 atom stereocenters. The molecule has 0 spiro atoms. The minimum absolute atomic E-state index is 0.156. The fraction of sp³-hybridized carbons (Fsp3) is 1.00. The molecule has 8 heavy (non-hydrogen) atoms. The van der Waals surface area contributed by atoms with Gasteiger partial charge in [0.25, 0.3) is 0 Å². The van der Waals surface area contributed by atoms with Crippen LogP contribution in [0.2, 0.25) is 0 Å². The number of alkyl halides is 2. The molecule has 0 aliphatic carbocycles. The van der Waals surface area contributed by atoms with E-state index in [1.807, 2.05) is 0 Å². The van der Waals surface area contributed by atoms with Crippen LogP contribution in [-0.2, 0) is 0 Å². The highest BCUT2D eigenvalue weighted by atomic mass is 35.5. The number of aliphatic hydroxyl groups excluding tert-OH is 2. The van der Waals surface area contributed by atoms with Crippen LogP contribution in [0.5, 0.6) is 0 Å². The van der Waals surface area contributed by atoms with Crippen LogP contribution >= 0.6 is 23.2 Å². The molecule has 0 bridgehead atoms. The molecular formula is C4H8Cl2O2. The Morgan fingerprint density at radius 2 is 2.00 bits per heavy atom. The van der Waals surface area contributed by atoms with Crippen LogP contribution < -0.4 is 0 Å². The van der Waals surface area contributed by atoms with Crippen LogP contribution in [0.3, 0.4) is 0 Å². The third-order valence-corrected chi connectivity index (χ3v) is 1.69. The fourth-order valence-corrected chi connectivity index (χ4v) is 0.503. The van der Waals surface area contributed by atoms with Gasteiger partial charge in [0.1, 0.15) is 0 Å². The molecule has 0 aliphatic rings. The van der Waals surface area contributed by atoms with Gasteiger partial charge in [0.05, 0.1) is 18.1 Å². The van der Waals surface area contributed by atoms with E-state index in [4.69, 9.17) is 33.4 Å². The maximum Gasteiger partial charge on any atom is 0.0945 e. The maximum absolute atomic E-state index is 8.66. The van der Waals surface area contributed by atoms with Crippen molar-refractivity contribution in [2.75, 3.05) is 12.5 Å². The zero-order valence-corrected chi connectivity index (χ0v) is 5.73. The van der Waals surface area contributed by atoms with Gasteiger partial charge in [0.2, 0.25) is 0 Å². The van der Waals surface area contributed by atoms with Crippen molar-refractivity contribution in [3.63, 3.8) is 0 Å². The third-order valence-electron chi connectivity index (χ3n) is 0.752. The Balaban J connectivity index is 3.29. The first kappa shape index (κ1) is 8.50. The van der Waals surface area contributed by atoms with Crippen LogP contribution in [0.1, 0.15) is 0 Å². The fourth-order valence-electron chi connectivity index (χ4n) is 0.217. The first-order valence-corrected chi connectivity index (χ1v) is 3.18. The van der Waals surface area contributed by atoms with E-state index in [-0.39, 0.29) is 12.5 Å². The Morgan fingerprint density at radius 3 is 2.12 bits per heavy atom. The van der Waals surface area contributed by atoms with Gasteiger partial charge in [-0.15, -0.1) is 23.2 Å². The molecule has 0 radical (unpaired) electrons. The number of hydrogen-bond acceptors (Lipinski definition) is 2. The van der Waals surface area contributed by atoms with Gasteiger partial charge in [0, 0.05) is 5.88 Å². The van der Waals surface area contributed by atoms with E-state index < -0.39 is 11.5 Å². The molecule has 0 aromatic carbocycles. The predicted octanol–water partition coefficient (Wildman–Crippen LogP) is 0.186. The van der Waals surface area contributed by atoms with Crippen LogP contribution in [-0.4, -0.2) is 34.2 Å². The molecule has 0 amide bonds. The predicted molar refractivity (Wildman–Crippen MR) is 33.5 cm³/mol. The Morgan fingerprint density at radius 1 is 1.50 bits per heavy atom. The lowest BCUT2D eigenvalue weighted by atomic mass is 10.3. The first-order chi connectivity index (χ1) is 3.72. The SMILES string of the molecule is OC[C@@H](O)[C@H](Cl)CCl. The quantitative estimate of drug-likeness (QED) is 0.577. The number of rotatable bonds is 3. The summed E-state index contributed by atoms with van der Waals surface area (Å²) in [6.45, 7) is -0.332. The molecule has 0 fully saturated rings. The third kappa shape index (κ3) is 2.72. The summed E-state index contributed by atoms with van der Waals surface area (Å²) in [5.41, 5.74) is 0. The summed E-state index contributed by atoms with van der Waals surface area (Å²) in [7, 11) is 0. The Kier molecular flexibility index (Phi) is 4.66. The molecule has 0 aromatic heterocycles. The summed E-state index contributed by atoms with van der Waals surface area (Å²) in [5.74, 6) is 0.156. The van der Waals surface area contributed by atoms with Crippen LogP contribution in [0.25, 0.3) is 0 Å². The lowest BCUT2D eigenvalue weighted by Gasteiger charge is -2.09. The van der Waals surface area contributed by atoms with Crippen LogP contribution in [0.15, 0.2) is 0 Å². The topological polar surface area (TPSA) is 40.5 Å². The van der Waals surface area contributed by atoms with E-state index in [0.29, 0.717) is 0 Å². The summed E-state index contributed by atoms with van der Waals surface area (Å²) < 4.78 is 0. The van der Waals surface area contributed by atoms with Gasteiger partial charge in [-0.3, -0.25) is 0 Å². The van der Waals surface area contributed by atoms with E-state index in [1.54, 1.807) is 0 Å². The van der Waals surface area contributed by atoms with Crippen molar-refractivity contribution in [2.45, 2.75) is 11.5 Å². The summed E-state index contributed by atoms with van der Waals surface area (Å²) in [5, 5.41) is 16.4. The lowest BCUT2D eigenvalue weighted by Crippen LogP contribution is -2.25. The molecule has 0 aromatic rings. The van der Waals surface area contributed by atoms with Gasteiger partial charge in [-0.2, -0.15) is 0 Å². The highest BCUT2D eigenvalue weighted by Gasteiger charge is 2.12. The van der Waals surface area contributed by atoms with Gasteiger partial charge < -0.3 is 10.2 Å². The van der Waals surface area contributed by atoms with Gasteiger partial charge in [-0.25, -0.2) is 0 Å². The molecule has 0 aliphatic heterocycles. The standard InChI is InChI=1S/C4H8Cl2O2/c5-1-3(6)4(8)2-7/h3-4,7-8H,1-2H2/t3-,4-/m1/s1. The highest BCUT2D eigenvalue weighted by molar-refractivity contribution is 6.28. The smallest absolute Gasteiger partial charge is 0.0945 e. The maximum atomic E-state index is 8.66. The highest BCUT2D eigenvalue weighted by Crippen LogP contribution is 2.03. The Bertz CT molecular complexity index is 52.0. The molecule has 0 rings (SSSR count). The van der Waals surface area contributed by atoms with E-state index in [0.717, 1.165) is 0 Å². The lowest BCUT2D eigenvalue weighted by molar-refractivity contribution is 0.0956. The zero-order valence-electron chi connectivity index (χ0n) is 4.22. The van der Waals surface area contributed by atoms with Gasteiger partial charge in [0.15, 0.2) is 0 Å². The van der Waals surface area contributed by atoms with Gasteiger partial charge >= 0.3 is 0 Å². The summed E-state index contributed by atoms with van der Waals surface area (Å²) in [4.78, 5) is 0. The molecular weight excluding hydrogens is 151 g/mol. The molecule has 2 nitrogen and oxygen atoms in total. The van der Waals surface area contributed by atoms with Crippen molar-refractivity contribution in [1.29, 1.82) is 0 Å². The molecule has 0 unspecified atom stereocenters. The van der Waals surface area contributed by atoms with Gasteiger partial charge in [-0.05, 0) is 0 Å².